The van der Waals surface area contributed by atoms with Crippen molar-refractivity contribution in [3.05, 3.63) is 12.2 Å². The molecule has 14 heavy (non-hydrogen) atoms. The summed E-state index contributed by atoms with van der Waals surface area (Å²) in [4.78, 5) is 14.2. The van der Waals surface area contributed by atoms with Crippen LogP contribution in [0.1, 0.15) is 12.8 Å². The van der Waals surface area contributed by atoms with Crippen LogP contribution in [-0.2, 0) is 9.53 Å². The van der Waals surface area contributed by atoms with E-state index < -0.39 is 0 Å². The number of piperidine rings is 1. The standard InChI is InChI=1S/C11H15NO2/c1-7-4-11(10(13)14-2)9-3-8(9)6-12(11)5-7/h8-9H,1,3-6H2,2H3/t8-,9-,11+/m0/s1. The van der Waals surface area contributed by atoms with E-state index in [1.807, 2.05) is 0 Å². The van der Waals surface area contributed by atoms with Gasteiger partial charge in [0.2, 0.25) is 0 Å². The molecule has 1 aliphatic carbocycles. The van der Waals surface area contributed by atoms with E-state index in [2.05, 4.69) is 11.5 Å². The van der Waals surface area contributed by atoms with Crippen molar-refractivity contribution in [1.82, 2.24) is 4.90 Å². The van der Waals surface area contributed by atoms with Crippen LogP contribution in [0.2, 0.25) is 0 Å². The Labute approximate surface area is 83.7 Å². The van der Waals surface area contributed by atoms with Crippen LogP contribution in [0.3, 0.4) is 0 Å². The van der Waals surface area contributed by atoms with E-state index in [0.29, 0.717) is 5.92 Å². The normalized spacial score (nSPS) is 44.8. The number of hydrogen-bond acceptors (Lipinski definition) is 3. The minimum absolute atomic E-state index is 0.0406. The highest BCUT2D eigenvalue weighted by atomic mass is 16.5. The zero-order chi connectivity index (χ0) is 9.92. The molecule has 0 aromatic heterocycles. The molecule has 0 bridgehead atoms. The van der Waals surface area contributed by atoms with E-state index in [1.54, 1.807) is 0 Å². The van der Waals surface area contributed by atoms with E-state index in [9.17, 15) is 4.79 Å². The maximum absolute atomic E-state index is 11.9. The van der Waals surface area contributed by atoms with Crippen molar-refractivity contribution < 1.29 is 9.53 Å². The molecule has 0 spiro atoms. The van der Waals surface area contributed by atoms with Crippen molar-refractivity contribution in [2.24, 2.45) is 11.8 Å². The SMILES string of the molecule is C=C1CN2C[C@@H]3C[C@@H]3[C@@]2(C(=O)OC)C1. The van der Waals surface area contributed by atoms with Gasteiger partial charge < -0.3 is 4.74 Å². The lowest BCUT2D eigenvalue weighted by Crippen LogP contribution is -2.49. The van der Waals surface area contributed by atoms with Crippen LogP contribution < -0.4 is 0 Å². The first-order valence-electron chi connectivity index (χ1n) is 5.18. The van der Waals surface area contributed by atoms with Gasteiger partial charge in [-0.05, 0) is 24.7 Å². The Morgan fingerprint density at radius 3 is 3.21 bits per heavy atom. The molecule has 0 aromatic carbocycles. The first-order chi connectivity index (χ1) is 6.68. The molecule has 0 radical (unpaired) electrons. The summed E-state index contributed by atoms with van der Waals surface area (Å²) in [5.74, 6) is 1.26. The summed E-state index contributed by atoms with van der Waals surface area (Å²) in [7, 11) is 1.49. The van der Waals surface area contributed by atoms with E-state index in [-0.39, 0.29) is 11.5 Å². The average Bonchev–Trinajstić information content (AvgIpc) is 2.74. The summed E-state index contributed by atoms with van der Waals surface area (Å²) in [6.07, 6.45) is 2.03. The number of hydrogen-bond donors (Lipinski definition) is 0. The largest absolute Gasteiger partial charge is 0.468 e. The van der Waals surface area contributed by atoms with E-state index in [4.69, 9.17) is 4.74 Å². The summed E-state index contributed by atoms with van der Waals surface area (Å²) in [5, 5.41) is 0. The van der Waals surface area contributed by atoms with Gasteiger partial charge in [-0.1, -0.05) is 12.2 Å². The fourth-order valence-corrected chi connectivity index (χ4v) is 3.40. The zero-order valence-electron chi connectivity index (χ0n) is 8.45. The molecule has 3 fully saturated rings. The number of esters is 1. The van der Waals surface area contributed by atoms with Crippen molar-refractivity contribution in [2.45, 2.75) is 18.4 Å². The lowest BCUT2D eigenvalue weighted by Gasteiger charge is -2.31. The quantitative estimate of drug-likeness (QED) is 0.456. The third-order valence-electron chi connectivity index (χ3n) is 4.03. The van der Waals surface area contributed by atoms with Gasteiger partial charge in [0.15, 0.2) is 0 Å². The Morgan fingerprint density at radius 1 is 1.71 bits per heavy atom. The van der Waals surface area contributed by atoms with Crippen molar-refractivity contribution in [1.29, 1.82) is 0 Å². The maximum Gasteiger partial charge on any atom is 0.326 e. The molecular formula is C11H15NO2. The molecule has 3 nitrogen and oxygen atoms in total. The molecule has 1 saturated carbocycles. The van der Waals surface area contributed by atoms with E-state index >= 15 is 0 Å². The van der Waals surface area contributed by atoms with Gasteiger partial charge in [-0.2, -0.15) is 0 Å². The van der Waals surface area contributed by atoms with Gasteiger partial charge in [0.05, 0.1) is 7.11 Å². The van der Waals surface area contributed by atoms with Gasteiger partial charge in [0.1, 0.15) is 5.54 Å². The second-order valence-electron chi connectivity index (χ2n) is 4.83. The van der Waals surface area contributed by atoms with Crippen LogP contribution in [0, 0.1) is 11.8 Å². The van der Waals surface area contributed by atoms with Crippen molar-refractivity contribution >= 4 is 5.97 Å². The predicted octanol–water partition coefficient (Wildman–Crippen LogP) is 0.810. The third kappa shape index (κ3) is 0.793. The minimum Gasteiger partial charge on any atom is -0.468 e. The summed E-state index contributed by atoms with van der Waals surface area (Å²) >= 11 is 0. The number of methoxy groups -OCH3 is 1. The zero-order valence-corrected chi connectivity index (χ0v) is 8.45. The van der Waals surface area contributed by atoms with Crippen LogP contribution in [0.15, 0.2) is 12.2 Å². The molecule has 3 aliphatic rings. The van der Waals surface area contributed by atoms with Crippen LogP contribution >= 0.6 is 0 Å². The predicted molar refractivity (Wildman–Crippen MR) is 51.7 cm³/mol. The lowest BCUT2D eigenvalue weighted by atomic mass is 9.90. The molecule has 0 aromatic rings. The molecule has 3 heteroatoms. The summed E-state index contributed by atoms with van der Waals surface area (Å²) in [6, 6.07) is 0. The summed E-state index contributed by atoms with van der Waals surface area (Å²) < 4.78 is 4.96. The number of ether oxygens (including phenoxy) is 1. The number of nitrogens with zero attached hydrogens (tertiary/aromatic N) is 1. The molecule has 0 N–H and O–H groups in total. The highest BCUT2D eigenvalue weighted by Crippen LogP contribution is 2.60. The van der Waals surface area contributed by atoms with Crippen LogP contribution in [-0.4, -0.2) is 36.6 Å². The maximum atomic E-state index is 11.9. The lowest BCUT2D eigenvalue weighted by molar-refractivity contribution is -0.153. The van der Waals surface area contributed by atoms with Gasteiger partial charge >= 0.3 is 5.97 Å². The van der Waals surface area contributed by atoms with Gasteiger partial charge in [-0.25, -0.2) is 0 Å². The highest BCUT2D eigenvalue weighted by Gasteiger charge is 2.68. The third-order valence-corrected chi connectivity index (χ3v) is 4.03. The van der Waals surface area contributed by atoms with Gasteiger partial charge in [0.25, 0.3) is 0 Å². The molecule has 2 heterocycles. The summed E-state index contributed by atoms with van der Waals surface area (Å²) in [6.45, 7) is 5.96. The second-order valence-corrected chi connectivity index (χ2v) is 4.83. The fraction of sp³-hybridized carbons (Fsp3) is 0.727. The summed E-state index contributed by atoms with van der Waals surface area (Å²) in [5.41, 5.74) is 0.872. The van der Waals surface area contributed by atoms with Gasteiger partial charge in [-0.15, -0.1) is 0 Å². The molecule has 0 unspecified atom stereocenters. The Kier molecular flexibility index (Phi) is 1.45. The topological polar surface area (TPSA) is 29.5 Å². The Balaban J connectivity index is 1.99. The molecule has 3 rings (SSSR count). The first-order valence-corrected chi connectivity index (χ1v) is 5.18. The Morgan fingerprint density at radius 2 is 2.50 bits per heavy atom. The molecule has 2 aliphatic heterocycles. The number of carbonyl (C=O) groups excluding carboxylic acids is 1. The number of carbonyl (C=O) groups is 1. The first kappa shape index (κ1) is 8.48. The monoisotopic (exact) mass is 193 g/mol. The number of rotatable bonds is 1. The average molecular weight is 193 g/mol. The molecule has 0 amide bonds. The van der Waals surface area contributed by atoms with Crippen molar-refractivity contribution in [3.8, 4) is 0 Å². The van der Waals surface area contributed by atoms with Crippen LogP contribution in [0.5, 0.6) is 0 Å². The van der Waals surface area contributed by atoms with E-state index in [1.165, 1.54) is 19.1 Å². The fourth-order valence-electron chi connectivity index (χ4n) is 3.40. The molecule has 2 saturated heterocycles. The highest BCUT2D eigenvalue weighted by molar-refractivity contribution is 5.84. The van der Waals surface area contributed by atoms with Crippen molar-refractivity contribution in [3.63, 3.8) is 0 Å². The molecule has 3 atom stereocenters. The van der Waals surface area contributed by atoms with Crippen LogP contribution in [0.25, 0.3) is 0 Å². The van der Waals surface area contributed by atoms with E-state index in [0.717, 1.165) is 25.4 Å². The van der Waals surface area contributed by atoms with Crippen molar-refractivity contribution in [2.75, 3.05) is 20.2 Å². The Bertz CT molecular complexity index is 325. The van der Waals surface area contributed by atoms with Crippen LogP contribution in [0.4, 0.5) is 0 Å². The molecule has 76 valence electrons. The second kappa shape index (κ2) is 2.40. The Hall–Kier alpha value is -0.830. The smallest absolute Gasteiger partial charge is 0.326 e. The number of fused-ring (bicyclic) bond motifs is 3. The van der Waals surface area contributed by atoms with Gasteiger partial charge in [0, 0.05) is 13.1 Å². The van der Waals surface area contributed by atoms with Gasteiger partial charge in [-0.3, -0.25) is 9.69 Å². The minimum atomic E-state index is -0.309. The molecular weight excluding hydrogens is 178 g/mol.